The molecule has 7 heteroatoms. The number of rotatable bonds is 3. The van der Waals surface area contributed by atoms with E-state index in [4.69, 9.17) is 5.73 Å². The summed E-state index contributed by atoms with van der Waals surface area (Å²) in [7, 11) is 0. The topological polar surface area (TPSA) is 68.0 Å². The van der Waals surface area contributed by atoms with Crippen LogP contribution in [-0.2, 0) is 11.3 Å². The molecule has 2 fully saturated rings. The minimum absolute atomic E-state index is 0. The molecule has 0 aromatic carbocycles. The summed E-state index contributed by atoms with van der Waals surface area (Å²) in [6.07, 6.45) is 7.41. The summed E-state index contributed by atoms with van der Waals surface area (Å²) in [6, 6.07) is 0.330. The first-order valence-corrected chi connectivity index (χ1v) is 8.03. The molecule has 3 N–H and O–H groups in total. The van der Waals surface area contributed by atoms with Crippen molar-refractivity contribution in [3.8, 4) is 0 Å². The van der Waals surface area contributed by atoms with E-state index in [-0.39, 0.29) is 36.6 Å². The average molecular weight is 352 g/mol. The Kier molecular flexibility index (Phi) is 7.40. The molecule has 0 aliphatic heterocycles. The fourth-order valence-electron chi connectivity index (χ4n) is 3.65. The lowest BCUT2D eigenvalue weighted by molar-refractivity contribution is -0.128. The molecule has 21 heavy (non-hydrogen) atoms. The van der Waals surface area contributed by atoms with E-state index >= 15 is 0 Å². The molecule has 2 aliphatic rings. The third-order valence-corrected chi connectivity index (χ3v) is 5.46. The van der Waals surface area contributed by atoms with Crippen LogP contribution in [0.2, 0.25) is 0 Å². The summed E-state index contributed by atoms with van der Waals surface area (Å²) >= 11 is 1.58. The molecule has 1 amide bonds. The largest absolute Gasteiger partial charge is 0.349 e. The number of nitrogens with one attached hydrogen (secondary N) is 1. The summed E-state index contributed by atoms with van der Waals surface area (Å²) in [6.45, 7) is 0.564. The zero-order valence-corrected chi connectivity index (χ0v) is 14.3. The van der Waals surface area contributed by atoms with Gasteiger partial charge in [-0.3, -0.25) is 4.79 Å². The maximum Gasteiger partial charge on any atom is 0.223 e. The highest BCUT2D eigenvalue weighted by molar-refractivity contribution is 7.09. The van der Waals surface area contributed by atoms with Crippen LogP contribution in [0, 0.1) is 17.8 Å². The molecule has 2 bridgehead atoms. The molecular weight excluding hydrogens is 329 g/mol. The number of halogens is 2. The highest BCUT2D eigenvalue weighted by Crippen LogP contribution is 2.41. The highest BCUT2D eigenvalue weighted by atomic mass is 35.5. The van der Waals surface area contributed by atoms with Crippen molar-refractivity contribution >= 4 is 42.1 Å². The van der Waals surface area contributed by atoms with Gasteiger partial charge in [0.1, 0.15) is 5.01 Å². The second-order valence-electron chi connectivity index (χ2n) is 5.84. The van der Waals surface area contributed by atoms with E-state index in [1.807, 2.05) is 5.38 Å². The van der Waals surface area contributed by atoms with Gasteiger partial charge < -0.3 is 11.1 Å². The van der Waals surface area contributed by atoms with Crippen molar-refractivity contribution in [2.24, 2.45) is 23.5 Å². The standard InChI is InChI=1S/C14H21N3OS.2ClH/c15-13-9-2-1-3-10(13)7-11(6-9)14(18)17-8-12-16-4-5-19-12;;/h4-5,9-11,13H,1-3,6-8,15H2,(H,17,18);2*1H. The summed E-state index contributed by atoms with van der Waals surface area (Å²) in [4.78, 5) is 16.4. The van der Waals surface area contributed by atoms with Crippen LogP contribution >= 0.6 is 36.2 Å². The van der Waals surface area contributed by atoms with Gasteiger partial charge in [0.2, 0.25) is 5.91 Å². The van der Waals surface area contributed by atoms with Gasteiger partial charge in [-0.1, -0.05) is 6.42 Å². The van der Waals surface area contributed by atoms with Gasteiger partial charge in [-0.2, -0.15) is 0 Å². The minimum Gasteiger partial charge on any atom is -0.349 e. The van der Waals surface area contributed by atoms with E-state index in [1.165, 1.54) is 19.3 Å². The first-order chi connectivity index (χ1) is 9.24. The number of nitrogens with two attached hydrogens (primary N) is 1. The van der Waals surface area contributed by atoms with Gasteiger partial charge in [-0.15, -0.1) is 36.2 Å². The van der Waals surface area contributed by atoms with Crippen LogP contribution < -0.4 is 11.1 Å². The third-order valence-electron chi connectivity index (χ3n) is 4.68. The van der Waals surface area contributed by atoms with Gasteiger partial charge >= 0.3 is 0 Å². The van der Waals surface area contributed by atoms with Gasteiger partial charge in [0, 0.05) is 23.5 Å². The lowest BCUT2D eigenvalue weighted by atomic mass is 9.65. The summed E-state index contributed by atoms with van der Waals surface area (Å²) < 4.78 is 0. The fourth-order valence-corrected chi connectivity index (χ4v) is 4.21. The number of aromatic nitrogens is 1. The number of carbonyl (C=O) groups is 1. The smallest absolute Gasteiger partial charge is 0.223 e. The van der Waals surface area contributed by atoms with Crippen molar-refractivity contribution in [2.45, 2.75) is 44.7 Å². The molecule has 2 unspecified atom stereocenters. The second-order valence-corrected chi connectivity index (χ2v) is 6.82. The molecule has 4 nitrogen and oxygen atoms in total. The van der Waals surface area contributed by atoms with Crippen molar-refractivity contribution in [3.05, 3.63) is 16.6 Å². The van der Waals surface area contributed by atoms with Crippen LogP contribution in [-0.4, -0.2) is 16.9 Å². The predicted molar refractivity (Wildman–Crippen MR) is 90.0 cm³/mol. The Hall–Kier alpha value is -0.360. The number of nitrogens with zero attached hydrogens (tertiary/aromatic N) is 1. The van der Waals surface area contributed by atoms with E-state index in [2.05, 4.69) is 10.3 Å². The maximum absolute atomic E-state index is 12.3. The fraction of sp³-hybridized carbons (Fsp3) is 0.714. The normalized spacial score (nSPS) is 30.7. The van der Waals surface area contributed by atoms with E-state index in [9.17, 15) is 4.79 Å². The monoisotopic (exact) mass is 351 g/mol. The molecule has 2 atom stereocenters. The van der Waals surface area contributed by atoms with Crippen LogP contribution in [0.1, 0.15) is 37.1 Å². The zero-order valence-electron chi connectivity index (χ0n) is 11.9. The molecular formula is C14H23Cl2N3OS. The quantitative estimate of drug-likeness (QED) is 0.879. The molecule has 1 aromatic heterocycles. The van der Waals surface area contributed by atoms with Crippen molar-refractivity contribution in [1.82, 2.24) is 10.3 Å². The maximum atomic E-state index is 12.3. The predicted octanol–water partition coefficient (Wildman–Crippen LogP) is 2.76. The Bertz CT molecular complexity index is 429. The molecule has 0 radical (unpaired) electrons. The van der Waals surface area contributed by atoms with Crippen LogP contribution in [0.5, 0.6) is 0 Å². The minimum atomic E-state index is 0. The molecule has 3 rings (SSSR count). The van der Waals surface area contributed by atoms with E-state index < -0.39 is 0 Å². The molecule has 1 heterocycles. The molecule has 0 saturated heterocycles. The Morgan fingerprint density at radius 2 is 2.00 bits per heavy atom. The van der Waals surface area contributed by atoms with E-state index in [0.29, 0.717) is 24.4 Å². The Morgan fingerprint density at radius 3 is 2.57 bits per heavy atom. The lowest BCUT2D eigenvalue weighted by Gasteiger charge is -2.43. The van der Waals surface area contributed by atoms with Gasteiger partial charge in [-0.05, 0) is 37.5 Å². The van der Waals surface area contributed by atoms with Gasteiger partial charge in [0.25, 0.3) is 0 Å². The Labute approximate surface area is 142 Å². The van der Waals surface area contributed by atoms with E-state index in [0.717, 1.165) is 17.8 Å². The first kappa shape index (κ1) is 18.7. The van der Waals surface area contributed by atoms with Gasteiger partial charge in [0.05, 0.1) is 6.54 Å². The number of hydrogen-bond acceptors (Lipinski definition) is 4. The molecule has 0 spiro atoms. The van der Waals surface area contributed by atoms with Crippen molar-refractivity contribution < 1.29 is 4.79 Å². The molecule has 120 valence electrons. The van der Waals surface area contributed by atoms with E-state index in [1.54, 1.807) is 17.5 Å². The summed E-state index contributed by atoms with van der Waals surface area (Å²) in [5, 5.41) is 5.94. The summed E-state index contributed by atoms with van der Waals surface area (Å²) in [5.74, 6) is 1.47. The second kappa shape index (κ2) is 8.32. The summed E-state index contributed by atoms with van der Waals surface area (Å²) in [5.41, 5.74) is 6.26. The number of amides is 1. The number of thiazole rings is 1. The van der Waals surface area contributed by atoms with Gasteiger partial charge in [0.15, 0.2) is 0 Å². The first-order valence-electron chi connectivity index (χ1n) is 7.15. The molecule has 1 aromatic rings. The number of hydrogen-bond donors (Lipinski definition) is 2. The Balaban J connectivity index is 0.00000110. The Morgan fingerprint density at radius 1 is 1.33 bits per heavy atom. The zero-order chi connectivity index (χ0) is 13.2. The van der Waals surface area contributed by atoms with Crippen molar-refractivity contribution in [2.75, 3.05) is 0 Å². The van der Waals surface area contributed by atoms with Crippen LogP contribution in [0.15, 0.2) is 11.6 Å². The average Bonchev–Trinajstić information content (AvgIpc) is 2.88. The molecule has 2 saturated carbocycles. The molecule has 2 aliphatic carbocycles. The number of fused-ring (bicyclic) bond motifs is 2. The van der Waals surface area contributed by atoms with Crippen molar-refractivity contribution in [1.29, 1.82) is 0 Å². The van der Waals surface area contributed by atoms with Crippen molar-refractivity contribution in [3.63, 3.8) is 0 Å². The lowest BCUT2D eigenvalue weighted by Crippen LogP contribution is -2.49. The highest BCUT2D eigenvalue weighted by Gasteiger charge is 2.40. The SMILES string of the molecule is Cl.Cl.NC1C2CCCC1CC(C(=O)NCc1nccs1)C2. The van der Waals surface area contributed by atoms with Crippen LogP contribution in [0.25, 0.3) is 0 Å². The number of carbonyl (C=O) groups excluding carboxylic acids is 1. The third kappa shape index (κ3) is 4.31. The van der Waals surface area contributed by atoms with Crippen LogP contribution in [0.3, 0.4) is 0 Å². The van der Waals surface area contributed by atoms with Crippen LogP contribution in [0.4, 0.5) is 0 Å². The van der Waals surface area contributed by atoms with Gasteiger partial charge in [-0.25, -0.2) is 4.98 Å².